The Labute approximate surface area is 754 Å². The Bertz CT molecular complexity index is 5030. The molecule has 22 nitrogen and oxygen atoms in total. The van der Waals surface area contributed by atoms with Gasteiger partial charge in [-0.3, -0.25) is 34.8 Å². The van der Waals surface area contributed by atoms with Crippen LogP contribution in [0.3, 0.4) is 0 Å². The van der Waals surface area contributed by atoms with Gasteiger partial charge < -0.3 is 39.8 Å². The van der Waals surface area contributed by atoms with Crippen LogP contribution in [0.5, 0.6) is 0 Å². The van der Waals surface area contributed by atoms with E-state index in [1.807, 2.05) is 0 Å². The average Bonchev–Trinajstić information content (AvgIpc) is 1.67. The van der Waals surface area contributed by atoms with Crippen LogP contribution in [0.2, 0.25) is 0 Å². The minimum absolute atomic E-state index is 0. The summed E-state index contributed by atoms with van der Waals surface area (Å²) in [4.78, 5) is 97.4. The van der Waals surface area contributed by atoms with Gasteiger partial charge in [0.05, 0.1) is 76.1 Å². The van der Waals surface area contributed by atoms with Gasteiger partial charge >= 0.3 is 102 Å². The monoisotopic (exact) mass is 2060 g/mol. The van der Waals surface area contributed by atoms with Gasteiger partial charge in [0.2, 0.25) is 0 Å². The number of carbonyl (C=O) groups is 7. The number of halogens is 14. The largest absolute Gasteiger partial charge is 1.00 e. The number of nitro groups is 2. The molecule has 0 spiro atoms. The average molecular weight is 2060 g/mol. The van der Waals surface area contributed by atoms with Crippen molar-refractivity contribution in [3.05, 3.63) is 306 Å². The predicted octanol–water partition coefficient (Wildman–Crippen LogP) is 16.0. The van der Waals surface area contributed by atoms with Crippen LogP contribution >= 0.6 is 81.6 Å². The van der Waals surface area contributed by atoms with Crippen LogP contribution in [0, 0.1) is 84.5 Å². The van der Waals surface area contributed by atoms with Gasteiger partial charge in [-0.25, -0.2) is 64.4 Å². The number of nitrogen functional groups attached to an aromatic ring is 1. The molecule has 39 heteroatoms. The standard InChI is InChI=1S/C17H14BrF2NO2.C17H12BrF2NO2.C10H8FNO4.C10H10FNO2.C8H12O2.C7H4BrFO.C6H3BrFNO2.C4H6O2.BH4.2ClH.Na.Sn/c2*1-23-17(22)5-2-11-6-14(19)9-15(7-11)21-10-12-3-4-13(18)8-16(12)20;1-16-10(13)3-2-7-4-8(11)6-9(5-7)12(14)15;1-14-10(13)3-2-7-4-8(11)6-9(12)5-7;9-8(10)7-4-5-1-2-6(7)3-5;8-6-2-1-5(4-10)7(9)3-6;7-4-1-5(8)3-6(2-4)9(10)11;1-3-4(5)6-2;;;;;/h2-9,21H,10H2,1H3;2-10H,1H3;2-6H,1H3;2-6H,12H2,1H3;5-7H,1-4H2,(H,9,10);1-4H;1-3H;3H,1H2,2H3;1H4;2*1H;;/q;;;;;;;;-1;;;+1;+2/p-2/b5-2+;5-2+,21-10?;2*3-2+;;;;;;;;;/i10D;;;;;;;;1D4;;;;. The van der Waals surface area contributed by atoms with E-state index in [9.17, 15) is 88.9 Å². The molecule has 622 valence electrons. The van der Waals surface area contributed by atoms with Crippen LogP contribution in [0.25, 0.3) is 24.3 Å². The molecule has 4 N–H and O–H groups in total. The summed E-state index contributed by atoms with van der Waals surface area (Å²) in [6.07, 6.45) is 17.6. The third-order valence-corrected chi connectivity index (χ3v) is 16.5. The number of nitrogens with two attached hydrogens (primary N) is 1. The molecule has 8 aromatic rings. The van der Waals surface area contributed by atoms with Crippen LogP contribution in [-0.2, 0) is 59.0 Å². The van der Waals surface area contributed by atoms with Gasteiger partial charge in [-0.2, -0.15) is 0 Å². The van der Waals surface area contributed by atoms with Gasteiger partial charge in [-0.1, -0.05) is 91.1 Å². The molecule has 2 aliphatic carbocycles. The molecule has 10 rings (SSSR count). The number of hydrogen-bond donors (Lipinski definition) is 3. The molecule has 0 amide bonds. The fourth-order valence-corrected chi connectivity index (χ4v) is 10.9. The van der Waals surface area contributed by atoms with E-state index >= 15 is 0 Å². The summed E-state index contributed by atoms with van der Waals surface area (Å²) in [6, 6.07) is 31.5. The maximum Gasteiger partial charge on any atom is 1.00 e. The van der Waals surface area contributed by atoms with Crippen molar-refractivity contribution in [2.45, 2.75) is 32.2 Å². The predicted molar refractivity (Wildman–Crippen MR) is 451 cm³/mol. The van der Waals surface area contributed by atoms with E-state index in [1.165, 1.54) is 170 Å². The number of fused-ring (bicyclic) bond motifs is 2. The van der Waals surface area contributed by atoms with E-state index in [2.05, 4.69) is 104 Å². The van der Waals surface area contributed by atoms with Crippen molar-refractivity contribution in [3.63, 3.8) is 0 Å². The van der Waals surface area contributed by atoms with Crippen molar-refractivity contribution in [2.75, 3.05) is 46.6 Å². The number of carboxylic acid groups (broad SMARTS) is 1. The Morgan fingerprint density at radius 1 is 0.576 bits per heavy atom. The molecule has 0 aliphatic heterocycles. The van der Waals surface area contributed by atoms with Crippen LogP contribution in [-0.4, -0.2) is 131 Å². The zero-order chi connectivity index (χ0) is 92.5. The first-order chi connectivity index (χ1) is 57.3. The number of carbonyl (C=O) groups excluding carboxylic acids is 6. The number of methoxy groups -OCH3 is 5. The molecular weight excluding hydrogens is 1990 g/mol. The first-order valence-corrected chi connectivity index (χ1v) is 42.9. The van der Waals surface area contributed by atoms with Gasteiger partial charge in [0, 0.05) is 95.6 Å². The number of rotatable bonds is 18. The number of esters is 5. The molecule has 0 saturated heterocycles. The van der Waals surface area contributed by atoms with E-state index in [-0.39, 0.29) is 69.1 Å². The number of nitrogens with one attached hydrogen (secondary N) is 1. The zero-order valence-corrected chi connectivity index (χ0v) is 75.5. The van der Waals surface area contributed by atoms with Crippen LogP contribution in [0.15, 0.2) is 205 Å². The van der Waals surface area contributed by atoms with Crippen molar-refractivity contribution < 1.29 is 138 Å². The van der Waals surface area contributed by atoms with Crippen LogP contribution in [0.4, 0.5) is 63.6 Å². The summed E-state index contributed by atoms with van der Waals surface area (Å²) >= 11 is 11.5. The van der Waals surface area contributed by atoms with Gasteiger partial charge in [0.15, 0.2) is 6.29 Å². The van der Waals surface area contributed by atoms with E-state index in [0.29, 0.717) is 63.8 Å². The van der Waals surface area contributed by atoms with Gasteiger partial charge in [-0.05, 0) is 193 Å². The van der Waals surface area contributed by atoms with E-state index < -0.39 is 126 Å². The maximum absolute atomic E-state index is 13.9. The molecule has 4 unspecified atom stereocenters. The number of aldehydes is 1. The minimum atomic E-state index is -3.00. The fourth-order valence-electron chi connectivity index (χ4n) is 9.42. The smallest absolute Gasteiger partial charge is 1.00 e. The van der Waals surface area contributed by atoms with Crippen molar-refractivity contribution in [2.24, 2.45) is 22.7 Å². The number of hydrogen-bond acceptors (Lipinski definition) is 19. The normalized spacial score (nSPS) is 13.8. The Balaban J connectivity index is 0.00000140. The second-order valence-electron chi connectivity index (χ2n) is 22.7. The quantitative estimate of drug-likeness (QED) is 0.00686. The van der Waals surface area contributed by atoms with Gasteiger partial charge in [0.25, 0.3) is 11.4 Å². The first kappa shape index (κ1) is 99.4. The van der Waals surface area contributed by atoms with Gasteiger partial charge in [-0.15, -0.1) is 0 Å². The van der Waals surface area contributed by atoms with E-state index in [1.54, 1.807) is 42.5 Å². The number of benzene rings is 8. The molecule has 2 saturated carbocycles. The molecular formula is C79H73BBr4Cl2F8N5NaO17Sn. The number of ether oxygens (including phenoxy) is 5. The number of nitrogens with zero attached hydrogens (tertiary/aromatic N) is 3. The summed E-state index contributed by atoms with van der Waals surface area (Å²) < 4.78 is 162. The molecule has 4 atom stereocenters. The SMILES string of the molecule is C=CC(=O)OC.COC(=O)/C=C/c1cc(F)cc(N=Cc2ccc(Br)cc2F)c1.COC(=O)/C=C/c1cc(F)cc([N+](=O)[O-])c1.COC(=O)/C=C/c1cc(N)cc(F)c1.O=C(O)C1CC2CCC1C2.O=Cc1ccc(Br)cc1F.O=[N+]([O-])c1cc(F)cc(Br)c1.[2H]C(Nc1cc(F)cc(/C=C/C(=O)OC)c1)c1ccc(Br)cc1F.[2H][B-]([2H])([2H])[2H].[Cl][Sn][Cl].[Na+]. The second-order valence-corrected chi connectivity index (χ2v) is 30.6. The second kappa shape index (κ2) is 59.5. The molecule has 118 heavy (non-hydrogen) atoms. The van der Waals surface area contributed by atoms with E-state index in [0.717, 1.165) is 60.9 Å². The molecule has 8 aromatic carbocycles. The summed E-state index contributed by atoms with van der Waals surface area (Å²) in [7, 11) is 13.1. The molecule has 0 aromatic heterocycles. The molecule has 2 fully saturated rings. The third-order valence-electron chi connectivity index (χ3n) is 14.6. The summed E-state index contributed by atoms with van der Waals surface area (Å²) in [5, 5.41) is 32.0. The van der Waals surface area contributed by atoms with Crippen molar-refractivity contribution in [1.82, 2.24) is 0 Å². The maximum atomic E-state index is 13.9. The third kappa shape index (κ3) is 45.1. The topological polar surface area (TPSA) is 323 Å². The molecule has 0 heterocycles. The Morgan fingerprint density at radius 3 is 1.36 bits per heavy atom. The first-order valence-electron chi connectivity index (χ1n) is 35.4. The number of aliphatic imine (C=N–C) groups is 1. The molecule has 2 radical (unpaired) electrons. The summed E-state index contributed by atoms with van der Waals surface area (Å²) in [5.74, 6) is -6.21. The fraction of sp³-hybridized carbons (Fsp3) is 0.165. The Morgan fingerprint density at radius 2 is 0.983 bits per heavy atom. The van der Waals surface area contributed by atoms with Crippen molar-refractivity contribution >= 4 is 210 Å². The Hall–Kier alpha value is -9.18. The van der Waals surface area contributed by atoms with Gasteiger partial charge in [0.1, 0.15) is 46.5 Å². The van der Waals surface area contributed by atoms with Crippen molar-refractivity contribution in [1.29, 1.82) is 5.34 Å². The zero-order valence-electron chi connectivity index (χ0n) is 67.8. The molecule has 2 aliphatic rings. The summed E-state index contributed by atoms with van der Waals surface area (Å²) in [6.45, 7) is 2.04. The molecule has 2 bridgehead atoms. The van der Waals surface area contributed by atoms with E-state index in [4.69, 9.17) is 35.4 Å². The number of carboxylic acids is 1. The number of aliphatic carboxylic acids is 1. The number of non-ortho nitro benzene ring substituents is 2. The van der Waals surface area contributed by atoms with Crippen molar-refractivity contribution in [3.8, 4) is 0 Å². The number of nitro benzene ring substituents is 2. The number of anilines is 2. The Kier molecular flexibility index (Phi) is 50.1. The minimum Gasteiger partial charge on any atom is 1.00 e. The summed E-state index contributed by atoms with van der Waals surface area (Å²) in [5.41, 5.74) is 7.79. The van der Waals surface area contributed by atoms with Crippen LogP contribution in [0.1, 0.15) is 70.8 Å². The van der Waals surface area contributed by atoms with Crippen LogP contribution < -0.4 is 40.6 Å².